The Kier molecular flexibility index (Phi) is 12.9. The van der Waals surface area contributed by atoms with E-state index in [4.69, 9.17) is 26.1 Å². The van der Waals surface area contributed by atoms with Crippen LogP contribution in [0.3, 0.4) is 0 Å². The molecule has 13 heteroatoms. The van der Waals surface area contributed by atoms with Gasteiger partial charge in [-0.25, -0.2) is 19.2 Å². The molecule has 1 aliphatic heterocycles. The number of aromatic nitrogens is 3. The monoisotopic (exact) mass is 762 g/mol. The van der Waals surface area contributed by atoms with Crippen molar-refractivity contribution < 1.29 is 23.5 Å². The second-order valence-corrected chi connectivity index (χ2v) is 16.5. The van der Waals surface area contributed by atoms with Crippen molar-refractivity contribution in [2.75, 3.05) is 18.5 Å². The molecule has 0 aliphatic carbocycles. The third-order valence-electron chi connectivity index (χ3n) is 8.62. The molecular formula is C40H48ClFN6O4S. The molecule has 282 valence electrons. The number of carbonyl (C=O) groups is 2. The number of likely N-dealkylation sites (tertiary alicyclic amines) is 1. The van der Waals surface area contributed by atoms with Crippen molar-refractivity contribution in [3.63, 3.8) is 0 Å². The number of benzene rings is 1. The van der Waals surface area contributed by atoms with Crippen LogP contribution in [0.5, 0.6) is 5.75 Å². The molecule has 1 fully saturated rings. The lowest BCUT2D eigenvalue weighted by atomic mass is 9.91. The maximum atomic E-state index is 14.4. The maximum absolute atomic E-state index is 14.4. The van der Waals surface area contributed by atoms with Gasteiger partial charge in [-0.1, -0.05) is 37.6 Å². The summed E-state index contributed by atoms with van der Waals surface area (Å²) < 4.78 is 28.6. The molecule has 4 aromatic rings. The third-order valence-corrected chi connectivity index (χ3v) is 9.63. The summed E-state index contributed by atoms with van der Waals surface area (Å²) in [7, 11) is 0. The maximum Gasteiger partial charge on any atom is 0.410 e. The summed E-state index contributed by atoms with van der Waals surface area (Å²) in [4.78, 5) is 41.7. The molecule has 3 aromatic heterocycles. The van der Waals surface area contributed by atoms with Gasteiger partial charge in [0.25, 0.3) is 5.91 Å². The Balaban J connectivity index is 1.22. The van der Waals surface area contributed by atoms with Crippen LogP contribution in [-0.4, -0.2) is 56.1 Å². The zero-order valence-corrected chi connectivity index (χ0v) is 32.9. The van der Waals surface area contributed by atoms with Crippen molar-refractivity contribution in [3.05, 3.63) is 95.2 Å². The fourth-order valence-corrected chi connectivity index (χ4v) is 7.04. The molecule has 2 N–H and O–H groups in total. The molecule has 2 amide bonds. The summed E-state index contributed by atoms with van der Waals surface area (Å²) >= 11 is 7.51. The Hall–Kier alpha value is -4.42. The molecule has 2 unspecified atom stereocenters. The number of halogens is 2. The van der Waals surface area contributed by atoms with Gasteiger partial charge in [-0.05, 0) is 114 Å². The second-order valence-electron chi connectivity index (χ2n) is 15.3. The van der Waals surface area contributed by atoms with Gasteiger partial charge in [-0.15, -0.1) is 0 Å². The number of carbonyl (C=O) groups excluding carboxylic acids is 2. The highest BCUT2D eigenvalue weighted by Gasteiger charge is 2.43. The fraction of sp³-hybridized carbons (Fsp3) is 0.425. The standard InChI is InChI=1S/C40H48ClFN6O4S/c1-25(2)24-51-29-20-27(19-28(42)21-29)31-17-15-30(36(41)45-31)37(49)47-53-35-13-10-12-34(46-35)44-33(32-11-8-9-18-43-32)16-14-26-22-40(6,7)48(23-26)38(50)52-39(3,4)5/h8-13,15,17-21,25-26,33H,14,16,22-24H2,1-7H3,(H,44,46)(H,47,49). The van der Waals surface area contributed by atoms with E-state index in [0.29, 0.717) is 46.9 Å². The predicted octanol–water partition coefficient (Wildman–Crippen LogP) is 9.77. The normalized spacial score (nSPS) is 16.0. The number of ether oxygens (including phenoxy) is 2. The molecule has 1 saturated heterocycles. The minimum Gasteiger partial charge on any atom is -0.493 e. The highest BCUT2D eigenvalue weighted by atomic mass is 35.5. The summed E-state index contributed by atoms with van der Waals surface area (Å²) in [6, 6.07) is 18.7. The van der Waals surface area contributed by atoms with E-state index in [-0.39, 0.29) is 34.3 Å². The van der Waals surface area contributed by atoms with E-state index in [1.807, 2.05) is 69.9 Å². The first-order valence-electron chi connectivity index (χ1n) is 17.8. The fourth-order valence-electron chi connectivity index (χ4n) is 6.20. The Morgan fingerprint density at radius 3 is 2.57 bits per heavy atom. The van der Waals surface area contributed by atoms with Crippen LogP contribution >= 0.6 is 23.5 Å². The van der Waals surface area contributed by atoms with E-state index < -0.39 is 17.3 Å². The molecule has 2 atom stereocenters. The molecule has 10 nitrogen and oxygen atoms in total. The van der Waals surface area contributed by atoms with Crippen LogP contribution in [-0.2, 0) is 4.74 Å². The average molecular weight is 763 g/mol. The van der Waals surface area contributed by atoms with Crippen LogP contribution in [0.2, 0.25) is 5.15 Å². The van der Waals surface area contributed by atoms with Crippen molar-refractivity contribution >= 4 is 41.4 Å². The summed E-state index contributed by atoms with van der Waals surface area (Å²) in [5, 5.41) is 4.09. The highest BCUT2D eigenvalue weighted by molar-refractivity contribution is 7.97. The lowest BCUT2D eigenvalue weighted by molar-refractivity contribution is 0.0130. The SMILES string of the molecule is CC(C)COc1cc(F)cc(-c2ccc(C(=O)NSc3cccc(NC(CCC4CN(C(=O)OC(C)(C)C)C(C)(C)C4)c4ccccn4)n3)c(Cl)n2)c1. The largest absolute Gasteiger partial charge is 0.493 e. The van der Waals surface area contributed by atoms with Gasteiger partial charge >= 0.3 is 6.09 Å². The Labute approximate surface area is 320 Å². The summed E-state index contributed by atoms with van der Waals surface area (Å²) in [5.74, 6) is 0.677. The van der Waals surface area contributed by atoms with E-state index in [1.54, 1.807) is 30.5 Å². The first-order valence-corrected chi connectivity index (χ1v) is 19.0. The van der Waals surface area contributed by atoms with Crippen LogP contribution in [0.25, 0.3) is 11.3 Å². The number of rotatable bonds is 13. The zero-order valence-electron chi connectivity index (χ0n) is 31.3. The second kappa shape index (κ2) is 17.2. The molecule has 1 aliphatic rings. The van der Waals surface area contributed by atoms with Crippen molar-refractivity contribution in [1.29, 1.82) is 0 Å². The van der Waals surface area contributed by atoms with Gasteiger partial charge in [0.05, 0.1) is 29.6 Å². The summed E-state index contributed by atoms with van der Waals surface area (Å²) in [6.45, 7) is 14.9. The first-order chi connectivity index (χ1) is 25.1. The number of nitrogens with one attached hydrogen (secondary N) is 2. The van der Waals surface area contributed by atoms with E-state index in [2.05, 4.69) is 33.9 Å². The van der Waals surface area contributed by atoms with E-state index in [1.165, 1.54) is 12.1 Å². The topological polar surface area (TPSA) is 119 Å². The quantitative estimate of drug-likeness (QED) is 0.101. The lowest BCUT2D eigenvalue weighted by Gasteiger charge is -2.33. The van der Waals surface area contributed by atoms with E-state index >= 15 is 0 Å². The van der Waals surface area contributed by atoms with Gasteiger partial charge in [0.1, 0.15) is 33.2 Å². The molecule has 0 radical (unpaired) electrons. The Morgan fingerprint density at radius 2 is 1.87 bits per heavy atom. The van der Waals surface area contributed by atoms with Crippen molar-refractivity contribution in [2.45, 2.75) is 89.9 Å². The van der Waals surface area contributed by atoms with Gasteiger partial charge in [0.2, 0.25) is 0 Å². The first kappa shape index (κ1) is 39.8. The van der Waals surface area contributed by atoms with Gasteiger partial charge < -0.3 is 19.7 Å². The molecule has 0 bridgehead atoms. The number of hydrogen-bond donors (Lipinski definition) is 2. The third kappa shape index (κ3) is 11.3. The van der Waals surface area contributed by atoms with Gasteiger partial charge in [0, 0.05) is 41.9 Å². The zero-order chi connectivity index (χ0) is 38.3. The molecule has 5 rings (SSSR count). The van der Waals surface area contributed by atoms with E-state index in [0.717, 1.165) is 36.9 Å². The summed E-state index contributed by atoms with van der Waals surface area (Å²) in [6.07, 6.45) is 3.98. The molecule has 0 spiro atoms. The number of pyridine rings is 3. The number of hydrogen-bond acceptors (Lipinski definition) is 9. The van der Waals surface area contributed by atoms with Crippen LogP contribution in [0.4, 0.5) is 15.0 Å². The Morgan fingerprint density at radius 1 is 1.08 bits per heavy atom. The minimum atomic E-state index is -0.558. The Bertz CT molecular complexity index is 1890. The molecule has 53 heavy (non-hydrogen) atoms. The highest BCUT2D eigenvalue weighted by Crippen LogP contribution is 2.38. The van der Waals surface area contributed by atoms with Crippen LogP contribution in [0.1, 0.15) is 89.8 Å². The smallest absolute Gasteiger partial charge is 0.410 e. The number of nitrogens with zero attached hydrogens (tertiary/aromatic N) is 4. The lowest BCUT2D eigenvalue weighted by Crippen LogP contribution is -2.45. The van der Waals surface area contributed by atoms with E-state index in [9.17, 15) is 14.0 Å². The number of anilines is 1. The van der Waals surface area contributed by atoms with Crippen molar-refractivity contribution in [2.24, 2.45) is 11.8 Å². The van der Waals surface area contributed by atoms with Gasteiger partial charge in [-0.2, -0.15) is 0 Å². The van der Waals surface area contributed by atoms with Crippen molar-refractivity contribution in [1.82, 2.24) is 24.6 Å². The van der Waals surface area contributed by atoms with Crippen molar-refractivity contribution in [3.8, 4) is 17.0 Å². The van der Waals surface area contributed by atoms with Crippen LogP contribution in [0, 0.1) is 17.7 Å². The molecule has 4 heterocycles. The van der Waals surface area contributed by atoms with Gasteiger partial charge in [-0.3, -0.25) is 14.5 Å². The molecular weight excluding hydrogens is 715 g/mol. The van der Waals surface area contributed by atoms with Crippen LogP contribution < -0.4 is 14.8 Å². The molecule has 1 aromatic carbocycles. The molecule has 0 saturated carbocycles. The van der Waals surface area contributed by atoms with Gasteiger partial charge in [0.15, 0.2) is 0 Å². The summed E-state index contributed by atoms with van der Waals surface area (Å²) in [5.41, 5.74) is 1.07. The predicted molar refractivity (Wildman–Crippen MR) is 207 cm³/mol. The minimum absolute atomic E-state index is 0.0176. The van der Waals surface area contributed by atoms with Crippen LogP contribution in [0.15, 0.2) is 78.0 Å². The average Bonchev–Trinajstić information content (AvgIpc) is 3.41. The number of amides is 2.